The molecular weight excluding hydrogens is 281 g/mol. The maximum atomic E-state index is 12.3. The summed E-state index contributed by atoms with van der Waals surface area (Å²) in [7, 11) is -1.48. The highest BCUT2D eigenvalue weighted by Gasteiger charge is 2.46. The molecule has 0 aliphatic heterocycles. The van der Waals surface area contributed by atoms with Gasteiger partial charge in [0.05, 0.1) is 4.90 Å². The first-order chi connectivity index (χ1) is 8.64. The number of nitrogens with zero attached hydrogens (tertiary/aromatic N) is 1. The van der Waals surface area contributed by atoms with Crippen molar-refractivity contribution in [2.75, 3.05) is 32.5 Å². The second-order valence-corrected chi connectivity index (χ2v) is 6.14. The van der Waals surface area contributed by atoms with Crippen LogP contribution in [0.2, 0.25) is 0 Å². The summed E-state index contributed by atoms with van der Waals surface area (Å²) >= 11 is 0. The Balaban J connectivity index is 2.78. The van der Waals surface area contributed by atoms with Gasteiger partial charge in [-0.2, -0.15) is 13.2 Å². The number of anilines is 1. The molecule has 0 unspecified atom stereocenters. The van der Waals surface area contributed by atoms with Crippen molar-refractivity contribution in [2.45, 2.75) is 10.4 Å². The minimum atomic E-state index is -5.27. The third kappa shape index (κ3) is 4.10. The Bertz CT molecular complexity index is 510. The molecule has 1 aromatic rings. The van der Waals surface area contributed by atoms with E-state index >= 15 is 0 Å². The number of hydrogen-bond acceptors (Lipinski definition) is 4. The summed E-state index contributed by atoms with van der Waals surface area (Å²) in [5, 5.41) is 2.98. The number of alkyl halides is 3. The zero-order chi connectivity index (χ0) is 14.7. The lowest BCUT2D eigenvalue weighted by molar-refractivity contribution is -0.0436. The highest BCUT2D eigenvalue weighted by molar-refractivity contribution is 7.92. The van der Waals surface area contributed by atoms with Crippen LogP contribution in [-0.2, 0) is 9.84 Å². The Labute approximate surface area is 110 Å². The molecule has 0 aliphatic rings. The van der Waals surface area contributed by atoms with E-state index in [1.807, 2.05) is 19.0 Å². The molecule has 0 saturated carbocycles. The van der Waals surface area contributed by atoms with Gasteiger partial charge in [0.2, 0.25) is 0 Å². The van der Waals surface area contributed by atoms with Crippen LogP contribution in [0.15, 0.2) is 29.2 Å². The first kappa shape index (κ1) is 15.8. The first-order valence-electron chi connectivity index (χ1n) is 5.44. The molecule has 4 nitrogen and oxygen atoms in total. The number of sulfone groups is 1. The second kappa shape index (κ2) is 5.79. The summed E-state index contributed by atoms with van der Waals surface area (Å²) in [6.07, 6.45) is 0. The number of nitrogens with one attached hydrogen (secondary N) is 1. The topological polar surface area (TPSA) is 49.4 Å². The summed E-state index contributed by atoms with van der Waals surface area (Å²) in [4.78, 5) is 1.19. The van der Waals surface area contributed by atoms with Crippen molar-refractivity contribution in [3.63, 3.8) is 0 Å². The summed E-state index contributed by atoms with van der Waals surface area (Å²) in [5.74, 6) is 0. The van der Waals surface area contributed by atoms with Crippen LogP contribution in [0.5, 0.6) is 0 Å². The van der Waals surface area contributed by atoms with Crippen LogP contribution in [0.3, 0.4) is 0 Å². The molecule has 0 saturated heterocycles. The van der Waals surface area contributed by atoms with Gasteiger partial charge in [0.15, 0.2) is 0 Å². The number of hydrogen-bond donors (Lipinski definition) is 1. The third-order valence-corrected chi connectivity index (χ3v) is 3.86. The van der Waals surface area contributed by atoms with Crippen LogP contribution in [0.25, 0.3) is 0 Å². The van der Waals surface area contributed by atoms with E-state index in [4.69, 9.17) is 0 Å². The molecule has 1 N–H and O–H groups in total. The lowest BCUT2D eigenvalue weighted by Gasteiger charge is -2.12. The molecular formula is C11H15F3N2O2S. The summed E-state index contributed by atoms with van der Waals surface area (Å²) in [6.45, 7) is 1.36. The van der Waals surface area contributed by atoms with Crippen LogP contribution in [0, 0.1) is 0 Å². The predicted molar refractivity (Wildman–Crippen MR) is 66.7 cm³/mol. The van der Waals surface area contributed by atoms with Crippen molar-refractivity contribution in [1.29, 1.82) is 0 Å². The first-order valence-corrected chi connectivity index (χ1v) is 6.93. The maximum absolute atomic E-state index is 12.3. The van der Waals surface area contributed by atoms with E-state index in [1.54, 1.807) is 0 Å². The Hall–Kier alpha value is -1.28. The monoisotopic (exact) mass is 296 g/mol. The molecule has 0 aliphatic carbocycles. The third-order valence-electron chi connectivity index (χ3n) is 2.36. The minimum Gasteiger partial charge on any atom is -0.384 e. The van der Waals surface area contributed by atoms with Gasteiger partial charge in [-0.15, -0.1) is 0 Å². The Morgan fingerprint density at radius 1 is 1.16 bits per heavy atom. The van der Waals surface area contributed by atoms with Gasteiger partial charge in [-0.1, -0.05) is 0 Å². The standard InChI is InChI=1S/C11H15F3N2O2S/c1-16(2)8-7-15-9-3-5-10(6-4-9)19(17,18)11(12,13)14/h3-6,15H,7-8H2,1-2H3. The normalized spacial score (nSPS) is 12.7. The molecule has 8 heteroatoms. The molecule has 0 heterocycles. The van der Waals surface area contributed by atoms with Gasteiger partial charge >= 0.3 is 5.51 Å². The number of benzene rings is 1. The van der Waals surface area contributed by atoms with Crippen molar-refractivity contribution >= 4 is 15.5 Å². The summed E-state index contributed by atoms with van der Waals surface area (Å²) < 4.78 is 59.1. The largest absolute Gasteiger partial charge is 0.501 e. The summed E-state index contributed by atoms with van der Waals surface area (Å²) in [5.41, 5.74) is -4.70. The molecule has 19 heavy (non-hydrogen) atoms. The quantitative estimate of drug-likeness (QED) is 0.902. The van der Waals surface area contributed by atoms with Gasteiger partial charge in [0, 0.05) is 18.8 Å². The van der Waals surface area contributed by atoms with Crippen LogP contribution in [0.4, 0.5) is 18.9 Å². The van der Waals surface area contributed by atoms with E-state index in [0.29, 0.717) is 12.2 Å². The van der Waals surface area contributed by atoms with Crippen molar-refractivity contribution in [3.05, 3.63) is 24.3 Å². The Morgan fingerprint density at radius 3 is 2.11 bits per heavy atom. The molecule has 0 radical (unpaired) electrons. The van der Waals surface area contributed by atoms with Crippen LogP contribution >= 0.6 is 0 Å². The lowest BCUT2D eigenvalue weighted by Crippen LogP contribution is -2.23. The average molecular weight is 296 g/mol. The Morgan fingerprint density at radius 2 is 1.68 bits per heavy atom. The molecule has 0 aromatic heterocycles. The molecule has 0 atom stereocenters. The van der Waals surface area contributed by atoms with Crippen LogP contribution < -0.4 is 5.32 Å². The van der Waals surface area contributed by atoms with E-state index in [0.717, 1.165) is 18.7 Å². The fourth-order valence-corrected chi connectivity index (χ4v) is 2.07. The van der Waals surface area contributed by atoms with Crippen LogP contribution in [0.1, 0.15) is 0 Å². The van der Waals surface area contributed by atoms with Gasteiger partial charge in [0.25, 0.3) is 9.84 Å². The fourth-order valence-electron chi connectivity index (χ4n) is 1.31. The molecule has 0 bridgehead atoms. The van der Waals surface area contributed by atoms with Gasteiger partial charge in [-0.05, 0) is 38.4 Å². The van der Waals surface area contributed by atoms with E-state index in [2.05, 4.69) is 5.32 Å². The number of halogens is 3. The Kier molecular flexibility index (Phi) is 4.81. The highest BCUT2D eigenvalue weighted by atomic mass is 32.2. The molecule has 0 fully saturated rings. The summed E-state index contributed by atoms with van der Waals surface area (Å²) in [6, 6.07) is 4.52. The predicted octanol–water partition coefficient (Wildman–Crippen LogP) is 1.95. The van der Waals surface area contributed by atoms with Crippen molar-refractivity contribution in [1.82, 2.24) is 4.90 Å². The van der Waals surface area contributed by atoms with E-state index in [9.17, 15) is 21.6 Å². The minimum absolute atomic E-state index is 0.572. The number of likely N-dealkylation sites (N-methyl/N-ethyl adjacent to an activating group) is 1. The molecule has 1 rings (SSSR count). The van der Waals surface area contributed by atoms with E-state index in [1.165, 1.54) is 12.1 Å². The molecule has 0 spiro atoms. The number of rotatable bonds is 5. The second-order valence-electron chi connectivity index (χ2n) is 4.20. The van der Waals surface area contributed by atoms with Crippen molar-refractivity contribution in [2.24, 2.45) is 0 Å². The zero-order valence-corrected chi connectivity index (χ0v) is 11.3. The van der Waals surface area contributed by atoms with E-state index in [-0.39, 0.29) is 0 Å². The van der Waals surface area contributed by atoms with Gasteiger partial charge in [0.1, 0.15) is 0 Å². The van der Waals surface area contributed by atoms with Gasteiger partial charge in [-0.25, -0.2) is 8.42 Å². The van der Waals surface area contributed by atoms with E-state index < -0.39 is 20.2 Å². The van der Waals surface area contributed by atoms with Crippen molar-refractivity contribution < 1.29 is 21.6 Å². The van der Waals surface area contributed by atoms with Gasteiger partial charge in [-0.3, -0.25) is 0 Å². The molecule has 108 valence electrons. The average Bonchev–Trinajstić information content (AvgIpc) is 2.27. The maximum Gasteiger partial charge on any atom is 0.501 e. The SMILES string of the molecule is CN(C)CCNc1ccc(S(=O)(=O)C(F)(F)F)cc1. The molecule has 1 aromatic carbocycles. The molecule has 0 amide bonds. The van der Waals surface area contributed by atoms with Crippen molar-refractivity contribution in [3.8, 4) is 0 Å². The van der Waals surface area contributed by atoms with Crippen LogP contribution in [-0.4, -0.2) is 46.0 Å². The fraction of sp³-hybridized carbons (Fsp3) is 0.455. The highest BCUT2D eigenvalue weighted by Crippen LogP contribution is 2.30. The zero-order valence-electron chi connectivity index (χ0n) is 10.5. The van der Waals surface area contributed by atoms with Gasteiger partial charge < -0.3 is 10.2 Å². The lowest BCUT2D eigenvalue weighted by atomic mass is 10.3. The smallest absolute Gasteiger partial charge is 0.384 e.